The van der Waals surface area contributed by atoms with Gasteiger partial charge in [-0.2, -0.15) is 0 Å². The number of imidazole rings is 1. The van der Waals surface area contributed by atoms with E-state index >= 15 is 0 Å². The average molecular weight is 213 g/mol. The van der Waals surface area contributed by atoms with E-state index in [4.69, 9.17) is 0 Å². The van der Waals surface area contributed by atoms with Crippen molar-refractivity contribution < 1.29 is 0 Å². The van der Waals surface area contributed by atoms with E-state index in [0.717, 1.165) is 25.3 Å². The van der Waals surface area contributed by atoms with Crippen LogP contribution in [0.3, 0.4) is 0 Å². The Hall–Kier alpha value is -1.61. The quantitative estimate of drug-likeness (QED) is 0.785. The fourth-order valence-electron chi connectivity index (χ4n) is 2.27. The van der Waals surface area contributed by atoms with E-state index in [1.165, 1.54) is 5.56 Å². The highest BCUT2D eigenvalue weighted by Gasteiger charge is 2.20. The number of fused-ring (bicyclic) bond motifs is 1. The van der Waals surface area contributed by atoms with Gasteiger partial charge in [0.1, 0.15) is 5.82 Å². The Morgan fingerprint density at radius 3 is 3.00 bits per heavy atom. The Balaban J connectivity index is 2.03. The van der Waals surface area contributed by atoms with E-state index < -0.39 is 0 Å². The van der Waals surface area contributed by atoms with Crippen molar-refractivity contribution >= 4 is 0 Å². The van der Waals surface area contributed by atoms with E-state index in [2.05, 4.69) is 45.3 Å². The van der Waals surface area contributed by atoms with Crippen LogP contribution in [0.15, 0.2) is 42.7 Å². The molecular weight excluding hydrogens is 198 g/mol. The number of rotatable bonds is 1. The van der Waals surface area contributed by atoms with Gasteiger partial charge in [0.2, 0.25) is 0 Å². The van der Waals surface area contributed by atoms with E-state index in [1.807, 2.05) is 12.3 Å². The summed E-state index contributed by atoms with van der Waals surface area (Å²) in [5.74, 6) is 1.13. The monoisotopic (exact) mass is 213 g/mol. The first-order valence-corrected chi connectivity index (χ1v) is 5.74. The van der Waals surface area contributed by atoms with Gasteiger partial charge in [0, 0.05) is 18.9 Å². The molecule has 0 aliphatic carbocycles. The first kappa shape index (κ1) is 9.60. The van der Waals surface area contributed by atoms with E-state index in [1.54, 1.807) is 0 Å². The molecule has 3 rings (SSSR count). The van der Waals surface area contributed by atoms with Gasteiger partial charge in [-0.25, -0.2) is 4.98 Å². The summed E-state index contributed by atoms with van der Waals surface area (Å²) in [7, 11) is 0. The van der Waals surface area contributed by atoms with Crippen molar-refractivity contribution in [2.24, 2.45) is 0 Å². The number of benzene rings is 1. The SMILES string of the molecule is c1ccc(C2NCCCn3ccnc32)cc1. The van der Waals surface area contributed by atoms with Gasteiger partial charge in [-0.05, 0) is 18.5 Å². The van der Waals surface area contributed by atoms with Gasteiger partial charge in [-0.3, -0.25) is 0 Å². The Bertz CT molecular complexity index is 461. The number of nitrogens with one attached hydrogen (secondary N) is 1. The molecule has 0 saturated carbocycles. The highest BCUT2D eigenvalue weighted by Crippen LogP contribution is 2.22. The van der Waals surface area contributed by atoms with Crippen molar-refractivity contribution in [2.45, 2.75) is 19.0 Å². The van der Waals surface area contributed by atoms with Crippen LogP contribution in [0.25, 0.3) is 0 Å². The predicted octanol–water partition coefficient (Wildman–Crippen LogP) is 1.97. The molecule has 1 unspecified atom stereocenters. The van der Waals surface area contributed by atoms with Crippen LogP contribution >= 0.6 is 0 Å². The molecule has 1 N–H and O–H groups in total. The van der Waals surface area contributed by atoms with Crippen molar-refractivity contribution in [1.82, 2.24) is 14.9 Å². The van der Waals surface area contributed by atoms with Crippen LogP contribution in [0.2, 0.25) is 0 Å². The van der Waals surface area contributed by atoms with Crippen LogP contribution in [0.5, 0.6) is 0 Å². The number of aryl methyl sites for hydroxylation is 1. The molecule has 0 amide bonds. The lowest BCUT2D eigenvalue weighted by Crippen LogP contribution is -2.22. The largest absolute Gasteiger partial charge is 0.333 e. The van der Waals surface area contributed by atoms with Crippen LogP contribution in [0.1, 0.15) is 23.9 Å². The summed E-state index contributed by atoms with van der Waals surface area (Å²) in [5, 5.41) is 3.56. The lowest BCUT2D eigenvalue weighted by molar-refractivity contribution is 0.600. The smallest absolute Gasteiger partial charge is 0.130 e. The minimum absolute atomic E-state index is 0.235. The molecule has 16 heavy (non-hydrogen) atoms. The molecule has 0 saturated heterocycles. The maximum atomic E-state index is 4.48. The molecule has 1 aromatic carbocycles. The van der Waals surface area contributed by atoms with Crippen LogP contribution in [0.4, 0.5) is 0 Å². The second kappa shape index (κ2) is 4.10. The van der Waals surface area contributed by atoms with Gasteiger partial charge in [-0.1, -0.05) is 30.3 Å². The number of hydrogen-bond donors (Lipinski definition) is 1. The minimum Gasteiger partial charge on any atom is -0.333 e. The molecule has 0 fully saturated rings. The van der Waals surface area contributed by atoms with E-state index in [0.29, 0.717) is 0 Å². The Morgan fingerprint density at radius 1 is 1.25 bits per heavy atom. The molecule has 3 heteroatoms. The normalized spacial score (nSPS) is 20.1. The second-order valence-corrected chi connectivity index (χ2v) is 4.13. The number of aromatic nitrogens is 2. The molecule has 0 spiro atoms. The first-order valence-electron chi connectivity index (χ1n) is 5.74. The van der Waals surface area contributed by atoms with Crippen LogP contribution in [-0.2, 0) is 6.54 Å². The highest BCUT2D eigenvalue weighted by molar-refractivity contribution is 5.25. The summed E-state index contributed by atoms with van der Waals surface area (Å²) in [4.78, 5) is 4.48. The van der Waals surface area contributed by atoms with Gasteiger partial charge in [0.25, 0.3) is 0 Å². The third-order valence-electron chi connectivity index (χ3n) is 3.06. The minimum atomic E-state index is 0.235. The zero-order chi connectivity index (χ0) is 10.8. The summed E-state index contributed by atoms with van der Waals surface area (Å²) in [6, 6.07) is 10.7. The lowest BCUT2D eigenvalue weighted by atomic mass is 10.1. The van der Waals surface area contributed by atoms with Crippen molar-refractivity contribution in [2.75, 3.05) is 6.54 Å². The molecule has 2 heterocycles. The molecule has 1 atom stereocenters. The molecular formula is C13H15N3. The van der Waals surface area contributed by atoms with Crippen LogP contribution < -0.4 is 5.32 Å². The van der Waals surface area contributed by atoms with E-state index in [-0.39, 0.29) is 6.04 Å². The van der Waals surface area contributed by atoms with Crippen molar-refractivity contribution in [1.29, 1.82) is 0 Å². The third-order valence-corrected chi connectivity index (χ3v) is 3.06. The zero-order valence-corrected chi connectivity index (χ0v) is 9.13. The molecule has 3 nitrogen and oxygen atoms in total. The molecule has 2 aromatic rings. The summed E-state index contributed by atoms with van der Waals surface area (Å²) in [5.41, 5.74) is 1.29. The average Bonchev–Trinajstić information content (AvgIpc) is 2.70. The summed E-state index contributed by atoms with van der Waals surface area (Å²) in [6.45, 7) is 2.11. The third kappa shape index (κ3) is 1.63. The zero-order valence-electron chi connectivity index (χ0n) is 9.13. The number of nitrogens with zero attached hydrogens (tertiary/aromatic N) is 2. The van der Waals surface area contributed by atoms with Gasteiger partial charge in [0.15, 0.2) is 0 Å². The van der Waals surface area contributed by atoms with Crippen molar-refractivity contribution in [3.8, 4) is 0 Å². The van der Waals surface area contributed by atoms with Gasteiger partial charge >= 0.3 is 0 Å². The van der Waals surface area contributed by atoms with Crippen LogP contribution in [0, 0.1) is 0 Å². The van der Waals surface area contributed by atoms with Crippen molar-refractivity contribution in [3.05, 3.63) is 54.1 Å². The summed E-state index contributed by atoms with van der Waals surface area (Å²) in [6.07, 6.45) is 5.11. The van der Waals surface area contributed by atoms with Gasteiger partial charge in [-0.15, -0.1) is 0 Å². The molecule has 82 valence electrons. The maximum absolute atomic E-state index is 4.48. The lowest BCUT2D eigenvalue weighted by Gasteiger charge is -2.16. The Labute approximate surface area is 95.1 Å². The van der Waals surface area contributed by atoms with E-state index in [9.17, 15) is 0 Å². The summed E-state index contributed by atoms with van der Waals surface area (Å²) < 4.78 is 2.25. The number of hydrogen-bond acceptors (Lipinski definition) is 2. The highest BCUT2D eigenvalue weighted by atomic mass is 15.1. The summed E-state index contributed by atoms with van der Waals surface area (Å²) >= 11 is 0. The maximum Gasteiger partial charge on any atom is 0.130 e. The molecule has 0 radical (unpaired) electrons. The fourth-order valence-corrected chi connectivity index (χ4v) is 2.27. The van der Waals surface area contributed by atoms with Gasteiger partial charge in [0.05, 0.1) is 6.04 Å². The van der Waals surface area contributed by atoms with Crippen LogP contribution in [-0.4, -0.2) is 16.1 Å². The second-order valence-electron chi connectivity index (χ2n) is 4.13. The topological polar surface area (TPSA) is 29.9 Å². The van der Waals surface area contributed by atoms with Gasteiger partial charge < -0.3 is 9.88 Å². The first-order chi connectivity index (χ1) is 7.95. The Morgan fingerprint density at radius 2 is 2.12 bits per heavy atom. The molecule has 1 aliphatic heterocycles. The Kier molecular flexibility index (Phi) is 2.46. The predicted molar refractivity (Wildman–Crippen MR) is 63.1 cm³/mol. The van der Waals surface area contributed by atoms with Crippen molar-refractivity contribution in [3.63, 3.8) is 0 Å². The molecule has 1 aliphatic rings. The molecule has 0 bridgehead atoms. The molecule has 1 aromatic heterocycles. The fraction of sp³-hybridized carbons (Fsp3) is 0.308. The standard InChI is InChI=1S/C13H15N3/c1-2-5-11(6-3-1)12-13-15-8-10-16(13)9-4-7-14-12/h1-3,5-6,8,10,12,14H,4,7,9H2.